The van der Waals surface area contributed by atoms with Gasteiger partial charge in [0.2, 0.25) is 5.91 Å². The van der Waals surface area contributed by atoms with E-state index < -0.39 is 6.04 Å². The first-order chi connectivity index (χ1) is 9.61. The van der Waals surface area contributed by atoms with E-state index in [1.807, 2.05) is 12.1 Å². The van der Waals surface area contributed by atoms with Gasteiger partial charge >= 0.3 is 0 Å². The first-order valence-corrected chi connectivity index (χ1v) is 7.66. The summed E-state index contributed by atoms with van der Waals surface area (Å²) in [6.07, 6.45) is 4.76. The monoisotopic (exact) mass is 293 g/mol. The van der Waals surface area contributed by atoms with Gasteiger partial charge in [0.25, 0.3) is 0 Å². The second kappa shape index (κ2) is 5.26. The number of nitrogens with zero attached hydrogens (tertiary/aromatic N) is 1. The van der Waals surface area contributed by atoms with Crippen LogP contribution in [0.4, 0.5) is 11.4 Å². The molecule has 4 nitrogen and oxygen atoms in total. The highest BCUT2D eigenvalue weighted by atomic mass is 35.5. The molecule has 1 heterocycles. The zero-order chi connectivity index (χ0) is 14.3. The molecular formula is C15H20ClN3O. The lowest BCUT2D eigenvalue weighted by molar-refractivity contribution is -0.116. The van der Waals surface area contributed by atoms with E-state index in [4.69, 9.17) is 17.3 Å². The summed E-state index contributed by atoms with van der Waals surface area (Å²) in [4.78, 5) is 14.0. The van der Waals surface area contributed by atoms with Crippen molar-refractivity contribution in [1.29, 1.82) is 0 Å². The molecule has 1 saturated carbocycles. The van der Waals surface area contributed by atoms with Gasteiger partial charge in [-0.3, -0.25) is 4.79 Å². The third-order valence-corrected chi connectivity index (χ3v) is 4.35. The molecule has 1 fully saturated rings. The Bertz CT molecular complexity index is 542. The summed E-state index contributed by atoms with van der Waals surface area (Å²) >= 11 is 6.43. The minimum absolute atomic E-state index is 0.153. The van der Waals surface area contributed by atoms with Crippen molar-refractivity contribution in [2.24, 2.45) is 5.73 Å². The van der Waals surface area contributed by atoms with Crippen molar-refractivity contribution in [3.05, 3.63) is 22.7 Å². The zero-order valence-corrected chi connectivity index (χ0v) is 12.4. The summed E-state index contributed by atoms with van der Waals surface area (Å²) < 4.78 is 0. The maximum Gasteiger partial charge on any atom is 0.245 e. The third kappa shape index (κ3) is 2.38. The van der Waals surface area contributed by atoms with Gasteiger partial charge in [0.15, 0.2) is 0 Å². The number of nitrogens with one attached hydrogen (secondary N) is 1. The van der Waals surface area contributed by atoms with Gasteiger partial charge in [-0.05, 0) is 31.4 Å². The Balaban J connectivity index is 1.93. The molecule has 3 N–H and O–H groups in total. The van der Waals surface area contributed by atoms with Crippen molar-refractivity contribution in [2.75, 3.05) is 16.8 Å². The van der Waals surface area contributed by atoms with Crippen molar-refractivity contribution in [1.82, 2.24) is 0 Å². The zero-order valence-electron chi connectivity index (χ0n) is 11.7. The van der Waals surface area contributed by atoms with E-state index in [0.717, 1.165) is 36.3 Å². The molecule has 0 spiro atoms. The fourth-order valence-corrected chi connectivity index (χ4v) is 3.01. The number of carbonyl (C=O) groups excluding carboxylic acids is 1. The molecule has 0 aromatic heterocycles. The summed E-state index contributed by atoms with van der Waals surface area (Å²) in [6.45, 7) is 3.20. The van der Waals surface area contributed by atoms with Crippen LogP contribution in [0.1, 0.15) is 44.2 Å². The summed E-state index contributed by atoms with van der Waals surface area (Å²) in [7, 11) is 0. The van der Waals surface area contributed by atoms with Gasteiger partial charge in [0.1, 0.15) is 6.04 Å². The Morgan fingerprint density at radius 3 is 2.85 bits per heavy atom. The van der Waals surface area contributed by atoms with Crippen LogP contribution < -0.4 is 16.0 Å². The van der Waals surface area contributed by atoms with Crippen molar-refractivity contribution in [2.45, 2.75) is 44.7 Å². The maximum atomic E-state index is 11.6. The molecule has 1 aromatic carbocycles. The number of anilines is 2. The van der Waals surface area contributed by atoms with E-state index in [2.05, 4.69) is 17.1 Å². The number of rotatable bonds is 5. The van der Waals surface area contributed by atoms with Gasteiger partial charge in [0, 0.05) is 23.8 Å². The molecule has 1 atom stereocenters. The van der Waals surface area contributed by atoms with Crippen LogP contribution in [0.5, 0.6) is 0 Å². The topological polar surface area (TPSA) is 58.4 Å². The van der Waals surface area contributed by atoms with Gasteiger partial charge in [-0.1, -0.05) is 24.9 Å². The number of unbranched alkanes of at least 4 members (excludes halogenated alkanes) is 1. The first-order valence-electron chi connectivity index (χ1n) is 7.28. The van der Waals surface area contributed by atoms with E-state index in [1.165, 1.54) is 12.8 Å². The van der Waals surface area contributed by atoms with Gasteiger partial charge in [0.05, 0.1) is 10.7 Å². The summed E-state index contributed by atoms with van der Waals surface area (Å²) in [6, 6.07) is 3.83. The molecule has 3 rings (SSSR count). The second-order valence-electron chi connectivity index (χ2n) is 5.64. The summed E-state index contributed by atoms with van der Waals surface area (Å²) in [5.74, 6) is -0.153. The molecule has 1 amide bonds. The number of halogens is 1. The molecule has 5 heteroatoms. The van der Waals surface area contributed by atoms with Gasteiger partial charge in [-0.15, -0.1) is 0 Å². The minimum atomic E-state index is -0.596. The Kier molecular flexibility index (Phi) is 3.61. The highest BCUT2D eigenvalue weighted by molar-refractivity contribution is 6.33. The van der Waals surface area contributed by atoms with Crippen molar-refractivity contribution < 1.29 is 4.79 Å². The van der Waals surface area contributed by atoms with E-state index in [0.29, 0.717) is 11.1 Å². The molecule has 108 valence electrons. The van der Waals surface area contributed by atoms with Crippen LogP contribution >= 0.6 is 11.6 Å². The molecule has 0 saturated heterocycles. The quantitative estimate of drug-likeness (QED) is 0.877. The number of amides is 1. The van der Waals surface area contributed by atoms with E-state index in [-0.39, 0.29) is 5.91 Å². The fraction of sp³-hybridized carbons (Fsp3) is 0.533. The lowest BCUT2D eigenvalue weighted by Gasteiger charge is -2.26. The lowest BCUT2D eigenvalue weighted by Crippen LogP contribution is -2.27. The van der Waals surface area contributed by atoms with Crippen molar-refractivity contribution in [3.63, 3.8) is 0 Å². The standard InChI is InChI=1S/C15H20ClN3O/c1-2-3-6-19(9-4-5-9)13-8-12-10(7-11(13)16)14(17)15(20)18-12/h7-9,14H,2-6,17H2,1H3,(H,18,20). The van der Waals surface area contributed by atoms with E-state index in [9.17, 15) is 4.79 Å². The Morgan fingerprint density at radius 2 is 2.20 bits per heavy atom. The molecule has 1 unspecified atom stereocenters. The number of nitrogens with two attached hydrogens (primary N) is 1. The number of benzene rings is 1. The van der Waals surface area contributed by atoms with Crippen LogP contribution in [0.2, 0.25) is 5.02 Å². The van der Waals surface area contributed by atoms with Crippen LogP contribution in [0.25, 0.3) is 0 Å². The van der Waals surface area contributed by atoms with Crippen LogP contribution in [0.3, 0.4) is 0 Å². The summed E-state index contributed by atoms with van der Waals surface area (Å²) in [5, 5.41) is 3.53. The van der Waals surface area contributed by atoms with E-state index >= 15 is 0 Å². The molecule has 1 aliphatic carbocycles. The summed E-state index contributed by atoms with van der Waals surface area (Å²) in [5.41, 5.74) is 8.49. The number of hydrogen-bond donors (Lipinski definition) is 2. The number of carbonyl (C=O) groups is 1. The van der Waals surface area contributed by atoms with Crippen molar-refractivity contribution >= 4 is 28.9 Å². The van der Waals surface area contributed by atoms with Gasteiger partial charge in [-0.25, -0.2) is 0 Å². The predicted octanol–water partition coefficient (Wildman–Crippen LogP) is 3.06. The van der Waals surface area contributed by atoms with Crippen molar-refractivity contribution in [3.8, 4) is 0 Å². The smallest absolute Gasteiger partial charge is 0.245 e. The molecule has 2 aliphatic rings. The highest BCUT2D eigenvalue weighted by Gasteiger charge is 2.33. The van der Waals surface area contributed by atoms with Gasteiger partial charge < -0.3 is 16.0 Å². The Morgan fingerprint density at radius 1 is 1.45 bits per heavy atom. The molecule has 0 radical (unpaired) electrons. The molecule has 1 aliphatic heterocycles. The average molecular weight is 294 g/mol. The third-order valence-electron chi connectivity index (χ3n) is 4.04. The van der Waals surface area contributed by atoms with Crippen LogP contribution in [0, 0.1) is 0 Å². The molecule has 0 bridgehead atoms. The lowest BCUT2D eigenvalue weighted by atomic mass is 10.1. The molecular weight excluding hydrogens is 274 g/mol. The number of hydrogen-bond acceptors (Lipinski definition) is 3. The second-order valence-corrected chi connectivity index (χ2v) is 6.04. The normalized spacial score (nSPS) is 20.8. The van der Waals surface area contributed by atoms with Crippen LogP contribution in [-0.4, -0.2) is 18.5 Å². The molecule has 20 heavy (non-hydrogen) atoms. The number of fused-ring (bicyclic) bond motifs is 1. The fourth-order valence-electron chi connectivity index (χ4n) is 2.73. The van der Waals surface area contributed by atoms with Crippen LogP contribution in [0.15, 0.2) is 12.1 Å². The Hall–Kier alpha value is -1.26. The predicted molar refractivity (Wildman–Crippen MR) is 82.3 cm³/mol. The van der Waals surface area contributed by atoms with Gasteiger partial charge in [-0.2, -0.15) is 0 Å². The maximum absolute atomic E-state index is 11.6. The largest absolute Gasteiger partial charge is 0.367 e. The van der Waals surface area contributed by atoms with E-state index in [1.54, 1.807) is 0 Å². The highest BCUT2D eigenvalue weighted by Crippen LogP contribution is 2.41. The van der Waals surface area contributed by atoms with Crippen LogP contribution in [-0.2, 0) is 4.79 Å². The average Bonchev–Trinajstić information content (AvgIpc) is 3.21. The molecule has 1 aromatic rings. The minimum Gasteiger partial charge on any atom is -0.367 e. The first kappa shape index (κ1) is 13.7. The SMILES string of the molecule is CCCCN(c1cc2c(cc1Cl)C(N)C(=O)N2)C1CC1. The Labute approximate surface area is 124 Å².